The summed E-state index contributed by atoms with van der Waals surface area (Å²) in [5.41, 5.74) is 0. The molecule has 3 heterocycles. The molecular formula is C14H19N5O2S. The fraction of sp³-hybridized carbons (Fsp3) is 0.571. The number of hydrogen-bond acceptors (Lipinski definition) is 7. The highest BCUT2D eigenvalue weighted by Gasteiger charge is 2.32. The van der Waals surface area contributed by atoms with Gasteiger partial charge in [-0.25, -0.2) is 4.98 Å². The van der Waals surface area contributed by atoms with Crippen LogP contribution >= 0.6 is 11.3 Å². The molecule has 1 fully saturated rings. The fourth-order valence-electron chi connectivity index (χ4n) is 2.64. The summed E-state index contributed by atoms with van der Waals surface area (Å²) in [6.45, 7) is 3.46. The number of nitrogens with zero attached hydrogens (tertiary/aromatic N) is 4. The Balaban J connectivity index is 1.61. The lowest BCUT2D eigenvalue weighted by atomic mass is 10.2. The van der Waals surface area contributed by atoms with Gasteiger partial charge in [0.1, 0.15) is 0 Å². The van der Waals surface area contributed by atoms with Crippen LogP contribution in [-0.4, -0.2) is 38.5 Å². The highest BCUT2D eigenvalue weighted by molar-refractivity contribution is 7.13. The van der Waals surface area contributed by atoms with E-state index in [1.165, 1.54) is 11.3 Å². The second-order valence-electron chi connectivity index (χ2n) is 5.31. The van der Waals surface area contributed by atoms with Crippen LogP contribution in [0.1, 0.15) is 37.9 Å². The van der Waals surface area contributed by atoms with Gasteiger partial charge in [0.15, 0.2) is 11.0 Å². The molecule has 3 rings (SSSR count). The highest BCUT2D eigenvalue weighted by Crippen LogP contribution is 2.22. The molecule has 1 aliphatic rings. The van der Waals surface area contributed by atoms with Gasteiger partial charge in [-0.3, -0.25) is 9.69 Å². The maximum absolute atomic E-state index is 12.4. The van der Waals surface area contributed by atoms with Crippen LogP contribution in [0.2, 0.25) is 0 Å². The Morgan fingerprint density at radius 2 is 2.50 bits per heavy atom. The van der Waals surface area contributed by atoms with Crippen LogP contribution in [-0.2, 0) is 17.8 Å². The average Bonchev–Trinajstić information content (AvgIpc) is 3.22. The van der Waals surface area contributed by atoms with Gasteiger partial charge in [0.05, 0.1) is 12.6 Å². The van der Waals surface area contributed by atoms with Crippen molar-refractivity contribution in [1.29, 1.82) is 0 Å². The van der Waals surface area contributed by atoms with E-state index in [0.29, 0.717) is 17.6 Å². The van der Waals surface area contributed by atoms with E-state index in [2.05, 4.69) is 32.3 Å². The van der Waals surface area contributed by atoms with Gasteiger partial charge in [-0.15, -0.1) is 11.3 Å². The van der Waals surface area contributed by atoms with Gasteiger partial charge in [0, 0.05) is 18.0 Å². The Hall–Kier alpha value is -1.80. The molecule has 2 aromatic rings. The van der Waals surface area contributed by atoms with E-state index in [1.807, 2.05) is 5.38 Å². The normalized spacial score (nSPS) is 18.7. The van der Waals surface area contributed by atoms with Crippen molar-refractivity contribution in [2.24, 2.45) is 0 Å². The third-order valence-electron chi connectivity index (χ3n) is 3.65. The lowest BCUT2D eigenvalue weighted by Gasteiger charge is -2.21. The van der Waals surface area contributed by atoms with Crippen LogP contribution in [0, 0.1) is 0 Å². The maximum Gasteiger partial charge on any atom is 0.243 e. The minimum atomic E-state index is -0.162. The van der Waals surface area contributed by atoms with Crippen LogP contribution in [0.3, 0.4) is 0 Å². The number of aromatic nitrogens is 3. The molecule has 0 saturated carbocycles. The summed E-state index contributed by atoms with van der Waals surface area (Å²) >= 11 is 1.42. The largest absolute Gasteiger partial charge is 0.338 e. The first-order chi connectivity index (χ1) is 10.8. The van der Waals surface area contributed by atoms with E-state index < -0.39 is 0 Å². The van der Waals surface area contributed by atoms with Gasteiger partial charge in [-0.05, 0) is 25.8 Å². The van der Waals surface area contributed by atoms with Crippen molar-refractivity contribution in [2.75, 3.05) is 11.9 Å². The van der Waals surface area contributed by atoms with Crippen LogP contribution in [0.25, 0.3) is 0 Å². The summed E-state index contributed by atoms with van der Waals surface area (Å²) < 4.78 is 5.27. The molecule has 1 saturated heterocycles. The van der Waals surface area contributed by atoms with E-state index >= 15 is 0 Å². The smallest absolute Gasteiger partial charge is 0.243 e. The molecule has 0 unspecified atom stereocenters. The van der Waals surface area contributed by atoms with Gasteiger partial charge >= 0.3 is 0 Å². The van der Waals surface area contributed by atoms with Crippen molar-refractivity contribution in [3.8, 4) is 0 Å². The molecule has 7 nitrogen and oxygen atoms in total. The minimum Gasteiger partial charge on any atom is -0.338 e. The third kappa shape index (κ3) is 3.50. The number of hydrogen-bond donors (Lipinski definition) is 1. The predicted molar refractivity (Wildman–Crippen MR) is 82.5 cm³/mol. The summed E-state index contributed by atoms with van der Waals surface area (Å²) in [5.74, 6) is 1.30. The molecule has 1 aliphatic heterocycles. The summed E-state index contributed by atoms with van der Waals surface area (Å²) in [6.07, 6.45) is 5.32. The van der Waals surface area contributed by atoms with E-state index in [-0.39, 0.29) is 11.9 Å². The maximum atomic E-state index is 12.4. The van der Waals surface area contributed by atoms with Crippen molar-refractivity contribution in [3.63, 3.8) is 0 Å². The Bertz CT molecular complexity index is 613. The van der Waals surface area contributed by atoms with Crippen LogP contribution in [0.4, 0.5) is 5.13 Å². The second kappa shape index (κ2) is 6.97. The number of anilines is 1. The van der Waals surface area contributed by atoms with E-state index in [4.69, 9.17) is 4.52 Å². The zero-order chi connectivity index (χ0) is 15.4. The number of carbonyl (C=O) groups is 1. The van der Waals surface area contributed by atoms with Gasteiger partial charge in [0.25, 0.3) is 0 Å². The van der Waals surface area contributed by atoms with E-state index in [9.17, 15) is 4.79 Å². The molecular weight excluding hydrogens is 302 g/mol. The zero-order valence-corrected chi connectivity index (χ0v) is 13.3. The zero-order valence-electron chi connectivity index (χ0n) is 12.5. The predicted octanol–water partition coefficient (Wildman–Crippen LogP) is 2.08. The Labute approximate surface area is 132 Å². The molecule has 1 amide bonds. The first kappa shape index (κ1) is 15.1. The number of likely N-dealkylation sites (tertiary alicyclic amines) is 1. The molecule has 0 aromatic carbocycles. The van der Waals surface area contributed by atoms with Gasteiger partial charge in [0.2, 0.25) is 11.8 Å². The lowest BCUT2D eigenvalue weighted by molar-refractivity contribution is -0.120. The molecule has 2 aromatic heterocycles. The quantitative estimate of drug-likeness (QED) is 0.877. The molecule has 118 valence electrons. The van der Waals surface area contributed by atoms with Crippen molar-refractivity contribution < 1.29 is 9.32 Å². The molecule has 0 bridgehead atoms. The molecule has 0 spiro atoms. The van der Waals surface area contributed by atoms with Crippen LogP contribution in [0.5, 0.6) is 0 Å². The molecule has 22 heavy (non-hydrogen) atoms. The van der Waals surface area contributed by atoms with E-state index in [1.54, 1.807) is 6.20 Å². The molecule has 1 atom stereocenters. The van der Waals surface area contributed by atoms with Crippen molar-refractivity contribution in [2.45, 2.75) is 45.2 Å². The van der Waals surface area contributed by atoms with Crippen LogP contribution < -0.4 is 5.32 Å². The second-order valence-corrected chi connectivity index (χ2v) is 6.20. The molecule has 0 aliphatic carbocycles. The Morgan fingerprint density at radius 1 is 1.59 bits per heavy atom. The Kier molecular flexibility index (Phi) is 4.79. The summed E-state index contributed by atoms with van der Waals surface area (Å²) in [6, 6.07) is -0.162. The molecule has 0 radical (unpaired) electrons. The monoisotopic (exact) mass is 321 g/mol. The fourth-order valence-corrected chi connectivity index (χ4v) is 3.17. The highest BCUT2D eigenvalue weighted by atomic mass is 32.1. The SMILES string of the molecule is CCCc1noc(CN2CCC[C@H]2C(=O)Nc2nccs2)n1. The third-order valence-corrected chi connectivity index (χ3v) is 4.34. The summed E-state index contributed by atoms with van der Waals surface area (Å²) in [7, 11) is 0. The van der Waals surface area contributed by atoms with Crippen molar-refractivity contribution >= 4 is 22.4 Å². The minimum absolute atomic E-state index is 0.0132. The van der Waals surface area contributed by atoms with Crippen molar-refractivity contribution in [1.82, 2.24) is 20.0 Å². The van der Waals surface area contributed by atoms with Gasteiger partial charge in [-0.1, -0.05) is 12.1 Å². The number of amides is 1. The average molecular weight is 321 g/mol. The lowest BCUT2D eigenvalue weighted by Crippen LogP contribution is -2.39. The van der Waals surface area contributed by atoms with E-state index in [0.717, 1.165) is 38.1 Å². The van der Waals surface area contributed by atoms with Gasteiger partial charge < -0.3 is 9.84 Å². The number of nitrogens with one attached hydrogen (secondary N) is 1. The molecule has 1 N–H and O–H groups in total. The topological polar surface area (TPSA) is 84.2 Å². The number of rotatable bonds is 6. The van der Waals surface area contributed by atoms with Crippen molar-refractivity contribution in [3.05, 3.63) is 23.3 Å². The first-order valence-electron chi connectivity index (χ1n) is 7.52. The number of carbonyl (C=O) groups excluding carboxylic acids is 1. The first-order valence-corrected chi connectivity index (χ1v) is 8.40. The van der Waals surface area contributed by atoms with Crippen LogP contribution in [0.15, 0.2) is 16.1 Å². The summed E-state index contributed by atoms with van der Waals surface area (Å²) in [5, 5.41) is 9.30. The standard InChI is InChI=1S/C14H19N5O2S/c1-2-4-11-16-12(21-18-11)9-19-7-3-5-10(19)13(20)17-14-15-6-8-22-14/h6,8,10H,2-5,7,9H2,1H3,(H,15,17,20)/t10-/m0/s1. The Morgan fingerprint density at radius 3 is 3.27 bits per heavy atom. The molecule has 8 heteroatoms. The summed E-state index contributed by atoms with van der Waals surface area (Å²) in [4.78, 5) is 22.9. The van der Waals surface area contributed by atoms with Gasteiger partial charge in [-0.2, -0.15) is 4.98 Å². The number of thiazole rings is 1. The number of aryl methyl sites for hydroxylation is 1.